The fraction of sp³-hybridized carbons (Fsp3) is 0.938. The second-order valence-electron chi connectivity index (χ2n) is 6.24. The molecule has 0 aromatic rings. The molecular weight excluding hydrogens is 425 g/mol. The molecule has 138 valence electrons. The molecule has 0 aromatic heterocycles. The maximum absolute atomic E-state index is 5.71. The smallest absolute Gasteiger partial charge is 0.191 e. The summed E-state index contributed by atoms with van der Waals surface area (Å²) in [6.07, 6.45) is 4.26. The third-order valence-electron chi connectivity index (χ3n) is 3.65. The van der Waals surface area contributed by atoms with Crippen molar-refractivity contribution in [3.05, 3.63) is 0 Å². The van der Waals surface area contributed by atoms with Crippen LogP contribution in [-0.2, 0) is 9.47 Å². The fourth-order valence-corrected chi connectivity index (χ4v) is 2.22. The Balaban J connectivity index is 0.00000484. The van der Waals surface area contributed by atoms with Gasteiger partial charge in [0.15, 0.2) is 5.96 Å². The molecular formula is C16H34IN3O2S. The van der Waals surface area contributed by atoms with Crippen molar-refractivity contribution >= 4 is 41.7 Å². The van der Waals surface area contributed by atoms with Crippen LogP contribution in [0.15, 0.2) is 4.99 Å². The van der Waals surface area contributed by atoms with Gasteiger partial charge in [-0.15, -0.1) is 24.0 Å². The highest BCUT2D eigenvalue weighted by Crippen LogP contribution is 2.20. The van der Waals surface area contributed by atoms with Gasteiger partial charge in [0.1, 0.15) is 0 Å². The normalized spacial score (nSPS) is 18.6. The van der Waals surface area contributed by atoms with Gasteiger partial charge in [-0.05, 0) is 39.9 Å². The zero-order chi connectivity index (χ0) is 16.3. The Morgan fingerprint density at radius 3 is 2.78 bits per heavy atom. The van der Waals surface area contributed by atoms with Crippen LogP contribution in [0.1, 0.15) is 33.6 Å². The molecule has 0 aromatic carbocycles. The molecule has 7 heteroatoms. The molecule has 1 rings (SSSR count). The number of nitrogens with zero attached hydrogens (tertiary/aromatic N) is 1. The van der Waals surface area contributed by atoms with Crippen LogP contribution in [0.25, 0.3) is 0 Å². The van der Waals surface area contributed by atoms with Gasteiger partial charge in [0.05, 0.1) is 19.8 Å². The lowest BCUT2D eigenvalue weighted by molar-refractivity contribution is 0.0888. The van der Waals surface area contributed by atoms with Crippen molar-refractivity contribution in [2.45, 2.75) is 38.4 Å². The van der Waals surface area contributed by atoms with Gasteiger partial charge in [0, 0.05) is 37.0 Å². The van der Waals surface area contributed by atoms with Gasteiger partial charge in [-0.25, -0.2) is 0 Å². The predicted octanol–water partition coefficient (Wildman–Crippen LogP) is 2.74. The zero-order valence-electron chi connectivity index (χ0n) is 15.0. The number of halogens is 1. The lowest BCUT2D eigenvalue weighted by Crippen LogP contribution is -2.39. The summed E-state index contributed by atoms with van der Waals surface area (Å²) in [5.74, 6) is 1.49. The number of nitrogens with one attached hydrogen (secondary N) is 2. The van der Waals surface area contributed by atoms with E-state index in [4.69, 9.17) is 9.47 Å². The zero-order valence-corrected chi connectivity index (χ0v) is 18.2. The van der Waals surface area contributed by atoms with Crippen molar-refractivity contribution in [2.75, 3.05) is 52.3 Å². The molecule has 0 radical (unpaired) electrons. The molecule has 23 heavy (non-hydrogen) atoms. The number of rotatable bonds is 10. The number of hydrogen-bond donors (Lipinski definition) is 2. The predicted molar refractivity (Wildman–Crippen MR) is 111 cm³/mol. The maximum atomic E-state index is 5.71. The Kier molecular flexibility index (Phi) is 13.7. The van der Waals surface area contributed by atoms with Crippen molar-refractivity contribution < 1.29 is 9.47 Å². The topological polar surface area (TPSA) is 54.9 Å². The van der Waals surface area contributed by atoms with Crippen LogP contribution in [0, 0.1) is 5.92 Å². The quantitative estimate of drug-likeness (QED) is 0.228. The molecule has 5 nitrogen and oxygen atoms in total. The Labute approximate surface area is 163 Å². The van der Waals surface area contributed by atoms with E-state index in [0.717, 1.165) is 64.9 Å². The van der Waals surface area contributed by atoms with E-state index >= 15 is 0 Å². The number of ether oxygens (including phenoxy) is 2. The molecule has 0 amide bonds. The van der Waals surface area contributed by atoms with Crippen LogP contribution >= 0.6 is 35.7 Å². The third-order valence-corrected chi connectivity index (χ3v) is 4.88. The number of aliphatic imine (C=N–C) groups is 1. The lowest BCUT2D eigenvalue weighted by atomic mass is 10.1. The van der Waals surface area contributed by atoms with Crippen LogP contribution in [0.3, 0.4) is 0 Å². The van der Waals surface area contributed by atoms with E-state index in [1.165, 1.54) is 0 Å². The monoisotopic (exact) mass is 459 g/mol. The van der Waals surface area contributed by atoms with E-state index in [0.29, 0.717) is 5.92 Å². The number of guanidine groups is 1. The average molecular weight is 459 g/mol. The molecule has 0 spiro atoms. The Bertz CT molecular complexity index is 324. The van der Waals surface area contributed by atoms with Crippen LogP contribution in [0.5, 0.6) is 0 Å². The van der Waals surface area contributed by atoms with Crippen LogP contribution in [0.2, 0.25) is 0 Å². The van der Waals surface area contributed by atoms with Gasteiger partial charge in [-0.3, -0.25) is 4.99 Å². The first-order chi connectivity index (χ1) is 10.6. The van der Waals surface area contributed by atoms with Crippen molar-refractivity contribution in [3.63, 3.8) is 0 Å². The van der Waals surface area contributed by atoms with Gasteiger partial charge in [0.25, 0.3) is 0 Å². The van der Waals surface area contributed by atoms with Crippen LogP contribution in [-0.4, -0.2) is 63.0 Å². The van der Waals surface area contributed by atoms with Crippen molar-refractivity contribution in [1.82, 2.24) is 10.6 Å². The summed E-state index contributed by atoms with van der Waals surface area (Å²) in [6, 6.07) is 0. The molecule has 1 heterocycles. The third kappa shape index (κ3) is 11.4. The summed E-state index contributed by atoms with van der Waals surface area (Å²) in [4.78, 5) is 4.65. The summed E-state index contributed by atoms with van der Waals surface area (Å²) in [6.45, 7) is 12.5. The second-order valence-corrected chi connectivity index (χ2v) is 7.76. The summed E-state index contributed by atoms with van der Waals surface area (Å²) >= 11 is 1.84. The Hall–Kier alpha value is 0.270. The van der Waals surface area contributed by atoms with E-state index < -0.39 is 0 Å². The molecule has 0 bridgehead atoms. The first kappa shape index (κ1) is 23.3. The summed E-state index contributed by atoms with van der Waals surface area (Å²) < 4.78 is 11.2. The molecule has 1 aliphatic rings. The SMILES string of the molecule is CCNC(=NCC(C)(C)SC)NCCCOCC1CCOC1.I. The van der Waals surface area contributed by atoms with E-state index in [2.05, 4.69) is 42.7 Å². The summed E-state index contributed by atoms with van der Waals surface area (Å²) in [5.41, 5.74) is 0. The van der Waals surface area contributed by atoms with Gasteiger partial charge < -0.3 is 20.1 Å². The second kappa shape index (κ2) is 13.5. The molecule has 2 N–H and O–H groups in total. The number of thioether (sulfide) groups is 1. The van der Waals surface area contributed by atoms with Gasteiger partial charge >= 0.3 is 0 Å². The minimum absolute atomic E-state index is 0. The molecule has 1 saturated heterocycles. The minimum atomic E-state index is 0. The standard InChI is InChI=1S/C16H33N3O2S.HI/c1-5-17-15(19-13-16(2,3)22-4)18-8-6-9-20-11-14-7-10-21-12-14;/h14H,5-13H2,1-4H3,(H2,17,18,19);1H. The molecule has 1 fully saturated rings. The first-order valence-electron chi connectivity index (χ1n) is 8.30. The molecule has 0 aliphatic carbocycles. The number of hydrogen-bond acceptors (Lipinski definition) is 4. The fourth-order valence-electron chi connectivity index (χ4n) is 2.02. The average Bonchev–Trinajstić information content (AvgIpc) is 3.01. The van der Waals surface area contributed by atoms with Gasteiger partial charge in [0.2, 0.25) is 0 Å². The molecule has 1 aliphatic heterocycles. The Morgan fingerprint density at radius 1 is 1.39 bits per heavy atom. The van der Waals surface area contributed by atoms with Gasteiger partial charge in [-0.1, -0.05) is 0 Å². The van der Waals surface area contributed by atoms with E-state index in [9.17, 15) is 0 Å². The lowest BCUT2D eigenvalue weighted by Gasteiger charge is -2.20. The van der Waals surface area contributed by atoms with E-state index in [-0.39, 0.29) is 28.7 Å². The highest BCUT2D eigenvalue weighted by atomic mass is 127. The Morgan fingerprint density at radius 2 is 2.17 bits per heavy atom. The molecule has 1 atom stereocenters. The molecule has 0 saturated carbocycles. The highest BCUT2D eigenvalue weighted by molar-refractivity contribution is 14.0. The summed E-state index contributed by atoms with van der Waals surface area (Å²) in [5, 5.41) is 6.66. The highest BCUT2D eigenvalue weighted by Gasteiger charge is 2.16. The molecule has 1 unspecified atom stereocenters. The minimum Gasteiger partial charge on any atom is -0.381 e. The van der Waals surface area contributed by atoms with Crippen molar-refractivity contribution in [2.24, 2.45) is 10.9 Å². The maximum Gasteiger partial charge on any atom is 0.191 e. The van der Waals surface area contributed by atoms with Crippen LogP contribution in [0.4, 0.5) is 0 Å². The van der Waals surface area contributed by atoms with E-state index in [1.807, 2.05) is 11.8 Å². The largest absolute Gasteiger partial charge is 0.381 e. The first-order valence-corrected chi connectivity index (χ1v) is 9.52. The van der Waals surface area contributed by atoms with Crippen molar-refractivity contribution in [3.8, 4) is 0 Å². The van der Waals surface area contributed by atoms with E-state index in [1.54, 1.807) is 0 Å². The van der Waals surface area contributed by atoms with Crippen LogP contribution < -0.4 is 10.6 Å². The summed E-state index contributed by atoms with van der Waals surface area (Å²) in [7, 11) is 0. The van der Waals surface area contributed by atoms with Crippen molar-refractivity contribution in [1.29, 1.82) is 0 Å². The van der Waals surface area contributed by atoms with Gasteiger partial charge in [-0.2, -0.15) is 11.8 Å².